The summed E-state index contributed by atoms with van der Waals surface area (Å²) in [6.07, 6.45) is 0. The van der Waals surface area contributed by atoms with Gasteiger partial charge in [0.15, 0.2) is 0 Å². The van der Waals surface area contributed by atoms with Crippen LogP contribution in [0.25, 0.3) is 10.9 Å². The van der Waals surface area contributed by atoms with Gasteiger partial charge in [-0.05, 0) is 12.1 Å². The largest absolute Gasteiger partial charge is 0.340 e. The second-order valence-corrected chi connectivity index (χ2v) is 6.80. The van der Waals surface area contributed by atoms with Crippen molar-refractivity contribution >= 4 is 39.2 Å². The average molecular weight is 371 g/mol. The lowest BCUT2D eigenvalue weighted by molar-refractivity contribution is -0.117. The Hall–Kier alpha value is -2.85. The molecule has 0 saturated carbocycles. The molecule has 1 saturated heterocycles. The fourth-order valence-corrected chi connectivity index (χ4v) is 3.39. The molecule has 0 unspecified atom stereocenters. The van der Waals surface area contributed by atoms with Crippen LogP contribution in [0.15, 0.2) is 34.6 Å². The molecule has 2 aromatic heterocycles. The number of hydrogen-bond donors (Lipinski definition) is 2. The molecular weight excluding hydrogens is 354 g/mol. The van der Waals surface area contributed by atoms with Crippen LogP contribution in [0.4, 0.5) is 11.1 Å². The summed E-state index contributed by atoms with van der Waals surface area (Å²) in [5, 5.41) is 11.3. The average Bonchev–Trinajstić information content (AvgIpc) is 3.15. The van der Waals surface area contributed by atoms with Crippen LogP contribution in [-0.4, -0.2) is 63.7 Å². The number of nitrogens with zero attached hydrogens (tertiary/aromatic N) is 5. The number of piperazine rings is 1. The van der Waals surface area contributed by atoms with E-state index in [-0.39, 0.29) is 11.5 Å². The van der Waals surface area contributed by atoms with Crippen molar-refractivity contribution in [1.82, 2.24) is 25.1 Å². The predicted molar refractivity (Wildman–Crippen MR) is 99.6 cm³/mol. The van der Waals surface area contributed by atoms with E-state index in [1.807, 2.05) is 23.1 Å². The molecule has 0 radical (unpaired) electrons. The molecule has 0 aliphatic carbocycles. The summed E-state index contributed by atoms with van der Waals surface area (Å²) in [6.45, 7) is 3.09. The molecule has 0 spiro atoms. The summed E-state index contributed by atoms with van der Waals surface area (Å²) in [5.41, 5.74) is 2.13. The minimum Gasteiger partial charge on any atom is -0.340 e. The Bertz CT molecular complexity index is 964. The minimum absolute atomic E-state index is 0.104. The van der Waals surface area contributed by atoms with E-state index in [2.05, 4.69) is 30.4 Å². The number of benzene rings is 1. The van der Waals surface area contributed by atoms with Gasteiger partial charge in [0.05, 0.1) is 17.4 Å². The molecule has 0 bridgehead atoms. The van der Waals surface area contributed by atoms with Gasteiger partial charge in [-0.1, -0.05) is 23.5 Å². The lowest BCUT2D eigenvalue weighted by Crippen LogP contribution is -2.49. The van der Waals surface area contributed by atoms with Gasteiger partial charge < -0.3 is 4.90 Å². The van der Waals surface area contributed by atoms with Gasteiger partial charge in [0, 0.05) is 26.2 Å². The normalized spacial score (nSPS) is 15.3. The van der Waals surface area contributed by atoms with Crippen LogP contribution in [-0.2, 0) is 4.79 Å². The van der Waals surface area contributed by atoms with Crippen molar-refractivity contribution in [3.8, 4) is 0 Å². The number of nitrogens with one attached hydrogen (secondary N) is 2. The number of aromatic nitrogens is 4. The molecule has 134 valence electrons. The van der Waals surface area contributed by atoms with Gasteiger partial charge in [-0.2, -0.15) is 0 Å². The number of H-pyrrole nitrogens is 1. The van der Waals surface area contributed by atoms with Gasteiger partial charge in [0.25, 0.3) is 5.56 Å². The molecule has 1 aliphatic rings. The van der Waals surface area contributed by atoms with E-state index < -0.39 is 0 Å². The third-order valence-corrected chi connectivity index (χ3v) is 4.85. The van der Waals surface area contributed by atoms with Crippen molar-refractivity contribution in [3.05, 3.63) is 40.1 Å². The van der Waals surface area contributed by atoms with Crippen LogP contribution in [0, 0.1) is 0 Å². The van der Waals surface area contributed by atoms with Gasteiger partial charge in [0.1, 0.15) is 5.51 Å². The van der Waals surface area contributed by atoms with Crippen LogP contribution >= 0.6 is 11.3 Å². The van der Waals surface area contributed by atoms with E-state index in [0.717, 1.165) is 0 Å². The van der Waals surface area contributed by atoms with Crippen molar-refractivity contribution < 1.29 is 4.79 Å². The number of fused-ring (bicyclic) bond motifs is 1. The molecule has 1 fully saturated rings. The van der Waals surface area contributed by atoms with Gasteiger partial charge in [-0.25, -0.2) is 4.98 Å². The first-order valence-electron chi connectivity index (χ1n) is 8.21. The minimum atomic E-state index is -0.135. The van der Waals surface area contributed by atoms with Gasteiger partial charge in [-0.15, -0.1) is 10.2 Å². The fraction of sp³-hybridized carbons (Fsp3) is 0.312. The Morgan fingerprint density at radius 1 is 1.23 bits per heavy atom. The highest BCUT2D eigenvalue weighted by atomic mass is 32.1. The fourth-order valence-electron chi connectivity index (χ4n) is 2.93. The van der Waals surface area contributed by atoms with Crippen LogP contribution in [0.3, 0.4) is 0 Å². The van der Waals surface area contributed by atoms with Crippen LogP contribution in [0.2, 0.25) is 0 Å². The summed E-state index contributed by atoms with van der Waals surface area (Å²) < 4.78 is 0. The highest BCUT2D eigenvalue weighted by Gasteiger charge is 2.21. The van der Waals surface area contributed by atoms with Crippen molar-refractivity contribution in [3.63, 3.8) is 0 Å². The molecular formula is C16H17N7O2S. The number of rotatable bonds is 4. The van der Waals surface area contributed by atoms with Gasteiger partial charge in [-0.3, -0.25) is 24.8 Å². The smallest absolute Gasteiger partial charge is 0.260 e. The number of carbonyl (C=O) groups is 1. The summed E-state index contributed by atoms with van der Waals surface area (Å²) in [7, 11) is 0. The highest BCUT2D eigenvalue weighted by molar-refractivity contribution is 7.13. The Morgan fingerprint density at radius 2 is 2.04 bits per heavy atom. The SMILES string of the molecule is O=C(CN1CCN(c2nc3ccccc3c(=O)[nH]2)CC1)Nc1nncs1. The van der Waals surface area contributed by atoms with E-state index in [1.165, 1.54) is 11.3 Å². The van der Waals surface area contributed by atoms with Crippen molar-refractivity contribution in [2.75, 3.05) is 42.9 Å². The van der Waals surface area contributed by atoms with Crippen molar-refractivity contribution in [2.45, 2.75) is 0 Å². The molecule has 2 N–H and O–H groups in total. The van der Waals surface area contributed by atoms with Gasteiger partial charge in [0.2, 0.25) is 17.0 Å². The topological polar surface area (TPSA) is 107 Å². The monoisotopic (exact) mass is 371 g/mol. The number of anilines is 2. The maximum Gasteiger partial charge on any atom is 0.260 e. The maximum absolute atomic E-state index is 12.2. The highest BCUT2D eigenvalue weighted by Crippen LogP contribution is 2.14. The van der Waals surface area contributed by atoms with E-state index in [1.54, 1.807) is 11.6 Å². The molecule has 1 aromatic carbocycles. The molecule has 9 nitrogen and oxygen atoms in total. The molecule has 1 aliphatic heterocycles. The molecule has 4 rings (SSSR count). The molecule has 1 amide bonds. The molecule has 0 atom stereocenters. The lowest BCUT2D eigenvalue weighted by atomic mass is 10.2. The third kappa shape index (κ3) is 3.55. The Labute approximate surface area is 152 Å². The molecule has 3 aromatic rings. The Kier molecular flexibility index (Phi) is 4.59. The van der Waals surface area contributed by atoms with Crippen molar-refractivity contribution in [2.24, 2.45) is 0 Å². The van der Waals surface area contributed by atoms with Crippen molar-refractivity contribution in [1.29, 1.82) is 0 Å². The zero-order valence-corrected chi connectivity index (χ0v) is 14.7. The van der Waals surface area contributed by atoms with Crippen LogP contribution in [0.5, 0.6) is 0 Å². The maximum atomic E-state index is 12.2. The summed E-state index contributed by atoms with van der Waals surface area (Å²) >= 11 is 1.29. The first kappa shape index (κ1) is 16.6. The summed E-state index contributed by atoms with van der Waals surface area (Å²) in [5.74, 6) is 0.471. The van der Waals surface area contributed by atoms with E-state index in [4.69, 9.17) is 0 Å². The number of carbonyl (C=O) groups excluding carboxylic acids is 1. The Balaban J connectivity index is 1.37. The quantitative estimate of drug-likeness (QED) is 0.689. The molecule has 26 heavy (non-hydrogen) atoms. The molecule has 10 heteroatoms. The lowest BCUT2D eigenvalue weighted by Gasteiger charge is -2.34. The first-order chi connectivity index (χ1) is 12.7. The number of para-hydroxylation sites is 1. The second-order valence-electron chi connectivity index (χ2n) is 5.96. The van der Waals surface area contributed by atoms with E-state index >= 15 is 0 Å². The number of amides is 1. The van der Waals surface area contributed by atoms with E-state index in [0.29, 0.717) is 54.7 Å². The van der Waals surface area contributed by atoms with Gasteiger partial charge >= 0.3 is 0 Å². The third-order valence-electron chi connectivity index (χ3n) is 4.25. The summed E-state index contributed by atoms with van der Waals surface area (Å²) in [6, 6.07) is 7.29. The molecule has 3 heterocycles. The zero-order chi connectivity index (χ0) is 17.9. The Morgan fingerprint density at radius 3 is 2.81 bits per heavy atom. The summed E-state index contributed by atoms with van der Waals surface area (Å²) in [4.78, 5) is 35.7. The number of hydrogen-bond acceptors (Lipinski definition) is 8. The number of aromatic amines is 1. The van der Waals surface area contributed by atoms with Crippen LogP contribution < -0.4 is 15.8 Å². The van der Waals surface area contributed by atoms with Crippen LogP contribution in [0.1, 0.15) is 0 Å². The van der Waals surface area contributed by atoms with E-state index in [9.17, 15) is 9.59 Å². The standard InChI is InChI=1S/C16H17N7O2S/c24-13(19-16-21-17-10-26-16)9-22-5-7-23(8-6-22)15-18-12-4-2-1-3-11(12)14(25)20-15/h1-4,10H,5-9H2,(H,18,20,25)(H,19,21,24). The second kappa shape index (κ2) is 7.18. The first-order valence-corrected chi connectivity index (χ1v) is 9.09. The zero-order valence-electron chi connectivity index (χ0n) is 13.9. The predicted octanol–water partition coefficient (Wildman–Crippen LogP) is 0.535.